The fourth-order valence-corrected chi connectivity index (χ4v) is 5.23. The smallest absolute Gasteiger partial charge is 0.358 e. The van der Waals surface area contributed by atoms with Gasteiger partial charge in [-0.1, -0.05) is 36.2 Å². The van der Waals surface area contributed by atoms with Gasteiger partial charge in [0.25, 0.3) is 5.91 Å². The highest BCUT2D eigenvalue weighted by atomic mass is 35.5. The average Bonchev–Trinajstić information content (AvgIpc) is 3.22. The van der Waals surface area contributed by atoms with Crippen molar-refractivity contribution < 1.29 is 19.0 Å². The fourth-order valence-electron chi connectivity index (χ4n) is 3.83. The van der Waals surface area contributed by atoms with Gasteiger partial charge in [0.05, 0.1) is 12.7 Å². The van der Waals surface area contributed by atoms with E-state index in [1.54, 1.807) is 18.2 Å². The molecule has 2 aromatic carbocycles. The number of carbonyl (C=O) groups excluding carboxylic acids is 1. The summed E-state index contributed by atoms with van der Waals surface area (Å²) in [4.78, 5) is 17.8. The van der Waals surface area contributed by atoms with Gasteiger partial charge in [-0.2, -0.15) is 4.99 Å². The second kappa shape index (κ2) is 11.2. The van der Waals surface area contributed by atoms with Gasteiger partial charge in [0.1, 0.15) is 22.3 Å². The number of carbonyl (C=O) groups is 1. The summed E-state index contributed by atoms with van der Waals surface area (Å²) in [5.41, 5.74) is 0.901. The Morgan fingerprint density at radius 3 is 2.53 bits per heavy atom. The lowest BCUT2D eigenvalue weighted by Gasteiger charge is -2.33. The van der Waals surface area contributed by atoms with Gasteiger partial charge in [0.15, 0.2) is 0 Å². The molecule has 0 saturated heterocycles. The highest BCUT2D eigenvalue weighted by molar-refractivity contribution is 7.79. The number of aromatic nitrogens is 1. The van der Waals surface area contributed by atoms with E-state index in [4.69, 9.17) is 38.0 Å². The zero-order chi connectivity index (χ0) is 25.9. The first-order valence-corrected chi connectivity index (χ1v) is 13.3. The molecule has 1 heterocycles. The van der Waals surface area contributed by atoms with E-state index in [1.165, 1.54) is 18.6 Å². The second-order valence-electron chi connectivity index (χ2n) is 9.63. The maximum atomic E-state index is 13.3. The lowest BCUT2D eigenvalue weighted by atomic mass is 9.79. The Morgan fingerprint density at radius 2 is 1.92 bits per heavy atom. The van der Waals surface area contributed by atoms with Crippen molar-refractivity contribution in [2.24, 2.45) is 10.9 Å². The van der Waals surface area contributed by atoms with Gasteiger partial charge in [-0.25, -0.2) is 0 Å². The monoisotopic (exact) mass is 544 g/mol. The van der Waals surface area contributed by atoms with Crippen molar-refractivity contribution >= 4 is 46.5 Å². The van der Waals surface area contributed by atoms with Crippen LogP contribution in [0.4, 0.5) is 0 Å². The van der Waals surface area contributed by atoms with Gasteiger partial charge in [0, 0.05) is 40.5 Å². The first-order chi connectivity index (χ1) is 17.2. The molecule has 0 aliphatic heterocycles. The Bertz CT molecular complexity index is 1310. The summed E-state index contributed by atoms with van der Waals surface area (Å²) in [5, 5.41) is 0.477. The number of rotatable bonds is 6. The summed E-state index contributed by atoms with van der Waals surface area (Å²) >= 11 is 13.0. The standard InChI is InChI=1S/C27H29ClN2O4S2/c1-27(2,3)30-16-21(25(36-30)29-24(31)20-15-18(28)13-14-22(20)32-4)23(17-9-8-10-17)34-26(35)33-19-11-6-5-7-12-19/h5-7,11-17,23H,8-10H2,1-4H3/b29-25-. The molecule has 0 radical (unpaired) electrons. The van der Waals surface area contributed by atoms with Crippen LogP contribution < -0.4 is 14.1 Å². The van der Waals surface area contributed by atoms with E-state index in [9.17, 15) is 4.79 Å². The zero-order valence-electron chi connectivity index (χ0n) is 20.7. The predicted octanol–water partition coefficient (Wildman–Crippen LogP) is 6.93. The van der Waals surface area contributed by atoms with E-state index in [0.29, 0.717) is 26.8 Å². The number of methoxy groups -OCH3 is 1. The topological polar surface area (TPSA) is 62.0 Å². The van der Waals surface area contributed by atoms with Crippen LogP contribution in [0.25, 0.3) is 0 Å². The molecular weight excluding hydrogens is 516 g/mol. The number of amides is 1. The third kappa shape index (κ3) is 6.17. The molecule has 1 amide bonds. The van der Waals surface area contributed by atoms with E-state index < -0.39 is 5.91 Å². The number of hydrogen-bond donors (Lipinski definition) is 0. The summed E-state index contributed by atoms with van der Waals surface area (Å²) in [5.74, 6) is 0.835. The van der Waals surface area contributed by atoms with Crippen molar-refractivity contribution in [1.29, 1.82) is 0 Å². The Balaban J connectivity index is 1.74. The molecular formula is C27H29ClN2O4S2. The van der Waals surface area contributed by atoms with Crippen molar-refractivity contribution in [3.63, 3.8) is 0 Å². The molecule has 1 aromatic heterocycles. The number of halogens is 1. The third-order valence-corrected chi connectivity index (χ3v) is 7.76. The van der Waals surface area contributed by atoms with E-state index in [2.05, 4.69) is 29.7 Å². The Morgan fingerprint density at radius 1 is 1.19 bits per heavy atom. The first-order valence-electron chi connectivity index (χ1n) is 11.7. The zero-order valence-corrected chi connectivity index (χ0v) is 23.1. The molecule has 3 aromatic rings. The fraction of sp³-hybridized carbons (Fsp3) is 0.370. The van der Waals surface area contributed by atoms with Crippen LogP contribution in [0.3, 0.4) is 0 Å². The van der Waals surface area contributed by atoms with Crippen LogP contribution in [0, 0.1) is 5.92 Å². The average molecular weight is 545 g/mol. The molecule has 1 saturated carbocycles. The van der Waals surface area contributed by atoms with Crippen molar-refractivity contribution in [2.45, 2.75) is 51.7 Å². The SMILES string of the molecule is COc1ccc(Cl)cc1C(=O)/N=c1\sn(C(C)(C)C)cc1C(OC(=S)Oc1ccccc1)C1CCC1. The molecule has 190 valence electrons. The molecule has 1 aliphatic carbocycles. The van der Waals surface area contributed by atoms with Crippen LogP contribution >= 0.6 is 35.4 Å². The highest BCUT2D eigenvalue weighted by Gasteiger charge is 2.34. The molecule has 1 fully saturated rings. The van der Waals surface area contributed by atoms with Gasteiger partial charge in [-0.15, -0.1) is 0 Å². The molecule has 36 heavy (non-hydrogen) atoms. The van der Waals surface area contributed by atoms with Gasteiger partial charge < -0.3 is 14.2 Å². The number of ether oxygens (including phenoxy) is 3. The van der Waals surface area contributed by atoms with Crippen LogP contribution in [-0.4, -0.2) is 22.2 Å². The molecule has 0 bridgehead atoms. The van der Waals surface area contributed by atoms with Crippen LogP contribution in [0.5, 0.6) is 11.5 Å². The van der Waals surface area contributed by atoms with Crippen molar-refractivity contribution in [1.82, 2.24) is 3.96 Å². The van der Waals surface area contributed by atoms with E-state index >= 15 is 0 Å². The van der Waals surface area contributed by atoms with Crippen LogP contribution in [0.2, 0.25) is 5.02 Å². The summed E-state index contributed by atoms with van der Waals surface area (Å²) < 4.78 is 20.0. The third-order valence-electron chi connectivity index (χ3n) is 6.00. The van der Waals surface area contributed by atoms with Crippen LogP contribution in [-0.2, 0) is 10.3 Å². The lowest BCUT2D eigenvalue weighted by molar-refractivity contribution is 0.0570. The molecule has 6 nitrogen and oxygen atoms in total. The van der Waals surface area contributed by atoms with Gasteiger partial charge >= 0.3 is 5.24 Å². The summed E-state index contributed by atoms with van der Waals surface area (Å²) in [7, 11) is 1.51. The van der Waals surface area contributed by atoms with Crippen molar-refractivity contribution in [3.05, 3.63) is 75.5 Å². The summed E-state index contributed by atoms with van der Waals surface area (Å²) in [6.07, 6.45) is 4.74. The van der Waals surface area contributed by atoms with E-state index in [1.807, 2.05) is 36.5 Å². The largest absolute Gasteiger partial charge is 0.496 e. The van der Waals surface area contributed by atoms with Gasteiger partial charge in [-0.3, -0.25) is 8.75 Å². The van der Waals surface area contributed by atoms with E-state index in [-0.39, 0.29) is 22.8 Å². The second-order valence-corrected chi connectivity index (χ2v) is 11.4. The van der Waals surface area contributed by atoms with Crippen LogP contribution in [0.1, 0.15) is 62.1 Å². The molecule has 0 spiro atoms. The predicted molar refractivity (Wildman–Crippen MR) is 146 cm³/mol. The summed E-state index contributed by atoms with van der Waals surface area (Å²) in [6.45, 7) is 6.30. The number of nitrogens with zero attached hydrogens (tertiary/aromatic N) is 2. The van der Waals surface area contributed by atoms with Crippen molar-refractivity contribution in [2.75, 3.05) is 7.11 Å². The quantitative estimate of drug-likeness (QED) is 0.315. The lowest BCUT2D eigenvalue weighted by Crippen LogP contribution is -2.29. The summed E-state index contributed by atoms with van der Waals surface area (Å²) in [6, 6.07) is 14.2. The number of benzene rings is 2. The normalized spacial score (nSPS) is 15.2. The number of hydrogen-bond acceptors (Lipinski definition) is 6. The molecule has 1 aliphatic rings. The number of thiocarbonyl (C=S) groups is 1. The van der Waals surface area contributed by atoms with Gasteiger partial charge in [-0.05, 0) is 75.5 Å². The van der Waals surface area contributed by atoms with Gasteiger partial charge in [0.2, 0.25) is 0 Å². The Kier molecular flexibility index (Phi) is 8.17. The van der Waals surface area contributed by atoms with E-state index in [0.717, 1.165) is 24.8 Å². The molecule has 0 N–H and O–H groups in total. The van der Waals surface area contributed by atoms with Crippen molar-refractivity contribution in [3.8, 4) is 11.5 Å². The minimum atomic E-state index is -0.436. The molecule has 4 rings (SSSR count). The first kappa shape index (κ1) is 26.4. The molecule has 1 atom stereocenters. The maximum absolute atomic E-state index is 13.3. The minimum Gasteiger partial charge on any atom is -0.496 e. The Hall–Kier alpha value is -2.68. The minimum absolute atomic E-state index is 0.0420. The number of para-hydroxylation sites is 1. The Labute approximate surface area is 225 Å². The highest BCUT2D eigenvalue weighted by Crippen LogP contribution is 2.40. The molecule has 9 heteroatoms. The molecule has 1 unspecified atom stereocenters. The van der Waals surface area contributed by atoms with Crippen LogP contribution in [0.15, 0.2) is 59.7 Å². The maximum Gasteiger partial charge on any atom is 0.358 e.